The zero-order valence-electron chi connectivity index (χ0n) is 9.69. The summed E-state index contributed by atoms with van der Waals surface area (Å²) in [7, 11) is 1.60. The molecule has 0 aromatic carbocycles. The van der Waals surface area contributed by atoms with Gasteiger partial charge in [0.2, 0.25) is 5.95 Å². The Hall–Kier alpha value is -1.36. The average Bonchev–Trinajstić information content (AvgIpc) is 2.75. The van der Waals surface area contributed by atoms with E-state index in [1.54, 1.807) is 19.5 Å². The molecule has 0 radical (unpaired) electrons. The summed E-state index contributed by atoms with van der Waals surface area (Å²) in [6.45, 7) is 3.69. The van der Waals surface area contributed by atoms with Gasteiger partial charge in [0.05, 0.1) is 25.1 Å². The van der Waals surface area contributed by atoms with Crippen molar-refractivity contribution < 1.29 is 9.47 Å². The predicted molar refractivity (Wildman–Crippen MR) is 60.7 cm³/mol. The van der Waals surface area contributed by atoms with Crippen molar-refractivity contribution in [2.45, 2.75) is 25.4 Å². The first kappa shape index (κ1) is 11.1. The van der Waals surface area contributed by atoms with Crippen molar-refractivity contribution in [2.75, 3.05) is 25.6 Å². The van der Waals surface area contributed by atoms with Gasteiger partial charge in [0.15, 0.2) is 5.75 Å². The number of ether oxygens (including phenoxy) is 2. The molecule has 0 spiro atoms. The summed E-state index contributed by atoms with van der Waals surface area (Å²) in [5.41, 5.74) is -0.0801. The molecule has 5 nitrogen and oxygen atoms in total. The highest BCUT2D eigenvalue weighted by Crippen LogP contribution is 2.24. The smallest absolute Gasteiger partial charge is 0.222 e. The van der Waals surface area contributed by atoms with E-state index in [-0.39, 0.29) is 5.60 Å². The predicted octanol–water partition coefficient (Wildman–Crippen LogP) is 1.47. The monoisotopic (exact) mass is 223 g/mol. The summed E-state index contributed by atoms with van der Waals surface area (Å²) < 4.78 is 10.7. The highest BCUT2D eigenvalue weighted by atomic mass is 16.5. The lowest BCUT2D eigenvalue weighted by molar-refractivity contribution is 0.0314. The Kier molecular flexibility index (Phi) is 3.24. The van der Waals surface area contributed by atoms with Crippen molar-refractivity contribution >= 4 is 5.95 Å². The molecule has 1 aromatic rings. The van der Waals surface area contributed by atoms with E-state index in [2.05, 4.69) is 22.2 Å². The number of nitrogens with one attached hydrogen (secondary N) is 1. The first-order valence-electron chi connectivity index (χ1n) is 5.46. The molecule has 1 fully saturated rings. The second kappa shape index (κ2) is 4.65. The Morgan fingerprint density at radius 2 is 2.25 bits per heavy atom. The van der Waals surface area contributed by atoms with Crippen LogP contribution in [0.25, 0.3) is 0 Å². The van der Waals surface area contributed by atoms with E-state index in [0.717, 1.165) is 26.0 Å². The highest BCUT2D eigenvalue weighted by Gasteiger charge is 2.29. The van der Waals surface area contributed by atoms with Gasteiger partial charge >= 0.3 is 0 Å². The molecule has 0 amide bonds. The van der Waals surface area contributed by atoms with E-state index in [0.29, 0.717) is 11.7 Å². The van der Waals surface area contributed by atoms with Crippen LogP contribution in [-0.2, 0) is 4.74 Å². The van der Waals surface area contributed by atoms with Crippen LogP contribution in [0.5, 0.6) is 5.75 Å². The maximum absolute atomic E-state index is 5.66. The zero-order valence-corrected chi connectivity index (χ0v) is 9.69. The number of rotatable bonds is 4. The van der Waals surface area contributed by atoms with Gasteiger partial charge in [-0.05, 0) is 19.8 Å². The quantitative estimate of drug-likeness (QED) is 0.837. The SMILES string of the molecule is COc1cnc(NCC2(C)CCCO2)nc1. The lowest BCUT2D eigenvalue weighted by Crippen LogP contribution is -2.32. The molecule has 2 heterocycles. The van der Waals surface area contributed by atoms with E-state index in [1.165, 1.54) is 0 Å². The molecule has 1 aliphatic heterocycles. The summed E-state index contributed by atoms with van der Waals surface area (Å²) in [6.07, 6.45) is 5.50. The minimum absolute atomic E-state index is 0.0801. The Balaban J connectivity index is 1.89. The molecule has 0 aliphatic carbocycles. The lowest BCUT2D eigenvalue weighted by Gasteiger charge is -2.23. The van der Waals surface area contributed by atoms with Gasteiger partial charge in [-0.2, -0.15) is 0 Å². The molecule has 1 saturated heterocycles. The third kappa shape index (κ3) is 2.61. The van der Waals surface area contributed by atoms with Crippen molar-refractivity contribution in [3.8, 4) is 5.75 Å². The van der Waals surface area contributed by atoms with Crippen LogP contribution in [0.4, 0.5) is 5.95 Å². The first-order chi connectivity index (χ1) is 7.72. The molecule has 1 aliphatic rings. The van der Waals surface area contributed by atoms with Crippen LogP contribution in [0.15, 0.2) is 12.4 Å². The Labute approximate surface area is 95.2 Å². The maximum atomic E-state index is 5.66. The maximum Gasteiger partial charge on any atom is 0.222 e. The third-order valence-corrected chi connectivity index (χ3v) is 2.78. The summed E-state index contributed by atoms with van der Waals surface area (Å²) in [6, 6.07) is 0. The molecule has 1 unspecified atom stereocenters. The van der Waals surface area contributed by atoms with Crippen molar-refractivity contribution in [1.29, 1.82) is 0 Å². The minimum atomic E-state index is -0.0801. The first-order valence-corrected chi connectivity index (χ1v) is 5.46. The van der Waals surface area contributed by atoms with Gasteiger partial charge in [0.25, 0.3) is 0 Å². The van der Waals surface area contributed by atoms with E-state index in [9.17, 15) is 0 Å². The molecule has 1 N–H and O–H groups in total. The second-order valence-corrected chi connectivity index (χ2v) is 4.20. The van der Waals surface area contributed by atoms with E-state index in [1.807, 2.05) is 0 Å². The van der Waals surface area contributed by atoms with Crippen molar-refractivity contribution in [3.05, 3.63) is 12.4 Å². The third-order valence-electron chi connectivity index (χ3n) is 2.78. The molecule has 1 aromatic heterocycles. The molecule has 0 bridgehead atoms. The Bertz CT molecular complexity index is 334. The van der Waals surface area contributed by atoms with Gasteiger partial charge < -0.3 is 14.8 Å². The highest BCUT2D eigenvalue weighted by molar-refractivity contribution is 5.27. The van der Waals surface area contributed by atoms with Gasteiger partial charge in [-0.3, -0.25) is 0 Å². The van der Waals surface area contributed by atoms with Crippen molar-refractivity contribution in [3.63, 3.8) is 0 Å². The van der Waals surface area contributed by atoms with Crippen LogP contribution in [0.3, 0.4) is 0 Å². The fraction of sp³-hybridized carbons (Fsp3) is 0.636. The summed E-state index contributed by atoms with van der Waals surface area (Å²) >= 11 is 0. The molecule has 5 heteroatoms. The second-order valence-electron chi connectivity index (χ2n) is 4.20. The van der Waals surface area contributed by atoms with Crippen LogP contribution in [0, 0.1) is 0 Å². The van der Waals surface area contributed by atoms with Crippen LogP contribution >= 0.6 is 0 Å². The lowest BCUT2D eigenvalue weighted by atomic mass is 10.0. The number of methoxy groups -OCH3 is 1. The van der Waals surface area contributed by atoms with Gasteiger partial charge in [-0.25, -0.2) is 9.97 Å². The molecular formula is C11H17N3O2. The standard InChI is InChI=1S/C11H17N3O2/c1-11(4-3-5-16-11)8-14-10-12-6-9(15-2)7-13-10/h6-7H,3-5,8H2,1-2H3,(H,12,13,14). The summed E-state index contributed by atoms with van der Waals surface area (Å²) in [5.74, 6) is 1.27. The summed E-state index contributed by atoms with van der Waals surface area (Å²) in [5, 5.41) is 3.18. The van der Waals surface area contributed by atoms with Crippen LogP contribution < -0.4 is 10.1 Å². The molecule has 1 atom stereocenters. The molecule has 88 valence electrons. The fourth-order valence-electron chi connectivity index (χ4n) is 1.76. The number of nitrogens with zero attached hydrogens (tertiary/aromatic N) is 2. The number of hydrogen-bond acceptors (Lipinski definition) is 5. The Morgan fingerprint density at radius 1 is 1.50 bits per heavy atom. The molecule has 0 saturated carbocycles. The molecule has 16 heavy (non-hydrogen) atoms. The van der Waals surface area contributed by atoms with E-state index in [4.69, 9.17) is 9.47 Å². The van der Waals surface area contributed by atoms with E-state index >= 15 is 0 Å². The number of anilines is 1. The van der Waals surface area contributed by atoms with Crippen molar-refractivity contribution in [2.24, 2.45) is 0 Å². The number of hydrogen-bond donors (Lipinski definition) is 1. The van der Waals surface area contributed by atoms with Gasteiger partial charge in [0, 0.05) is 13.2 Å². The van der Waals surface area contributed by atoms with Crippen LogP contribution in [-0.4, -0.2) is 35.8 Å². The zero-order chi connectivity index (χ0) is 11.4. The molecule has 2 rings (SSSR count). The van der Waals surface area contributed by atoms with Gasteiger partial charge in [-0.1, -0.05) is 0 Å². The molecular weight excluding hydrogens is 206 g/mol. The van der Waals surface area contributed by atoms with Crippen LogP contribution in [0.2, 0.25) is 0 Å². The van der Waals surface area contributed by atoms with Crippen molar-refractivity contribution in [1.82, 2.24) is 9.97 Å². The average molecular weight is 223 g/mol. The van der Waals surface area contributed by atoms with Gasteiger partial charge in [-0.15, -0.1) is 0 Å². The normalized spacial score (nSPS) is 24.4. The number of aromatic nitrogens is 2. The Morgan fingerprint density at radius 3 is 2.81 bits per heavy atom. The van der Waals surface area contributed by atoms with Crippen LogP contribution in [0.1, 0.15) is 19.8 Å². The minimum Gasteiger partial charge on any atom is -0.494 e. The fourth-order valence-corrected chi connectivity index (χ4v) is 1.76. The largest absolute Gasteiger partial charge is 0.494 e. The van der Waals surface area contributed by atoms with E-state index < -0.39 is 0 Å². The summed E-state index contributed by atoms with van der Waals surface area (Å²) in [4.78, 5) is 8.28. The van der Waals surface area contributed by atoms with Gasteiger partial charge in [0.1, 0.15) is 0 Å². The topological polar surface area (TPSA) is 56.3 Å².